The summed E-state index contributed by atoms with van der Waals surface area (Å²) in [5, 5.41) is 6.98. The average Bonchev–Trinajstić information content (AvgIpc) is 2.68. The van der Waals surface area contributed by atoms with E-state index in [1.807, 2.05) is 24.3 Å². The van der Waals surface area contributed by atoms with Gasteiger partial charge in [-0.1, -0.05) is 17.7 Å². The molecule has 0 saturated carbocycles. The molecule has 96 valence electrons. The van der Waals surface area contributed by atoms with E-state index in [4.69, 9.17) is 11.6 Å². The van der Waals surface area contributed by atoms with Crippen LogP contribution in [-0.2, 0) is 4.79 Å². The fourth-order valence-electron chi connectivity index (χ4n) is 2.91. The van der Waals surface area contributed by atoms with Crippen LogP contribution in [0.5, 0.6) is 0 Å². The van der Waals surface area contributed by atoms with Crippen molar-refractivity contribution in [2.75, 3.05) is 24.7 Å². The molecule has 2 aliphatic heterocycles. The van der Waals surface area contributed by atoms with E-state index in [9.17, 15) is 4.79 Å². The first-order chi connectivity index (χ1) is 8.72. The normalized spacial score (nSPS) is 22.3. The summed E-state index contributed by atoms with van der Waals surface area (Å²) in [6.45, 7) is 2.33. The molecule has 0 aliphatic carbocycles. The second kappa shape index (κ2) is 4.44. The van der Waals surface area contributed by atoms with Gasteiger partial charge >= 0.3 is 0 Å². The van der Waals surface area contributed by atoms with E-state index in [0.29, 0.717) is 11.7 Å². The van der Waals surface area contributed by atoms with E-state index in [0.717, 1.165) is 31.6 Å². The van der Waals surface area contributed by atoms with Gasteiger partial charge < -0.3 is 15.5 Å². The fourth-order valence-corrected chi connectivity index (χ4v) is 3.09. The van der Waals surface area contributed by atoms with E-state index < -0.39 is 5.54 Å². The van der Waals surface area contributed by atoms with Crippen molar-refractivity contribution in [1.29, 1.82) is 0 Å². The third-order valence-electron chi connectivity index (χ3n) is 3.89. The Labute approximate surface area is 111 Å². The molecule has 2 N–H and O–H groups in total. The van der Waals surface area contributed by atoms with Gasteiger partial charge in [0.2, 0.25) is 5.91 Å². The first-order valence-corrected chi connectivity index (χ1v) is 6.62. The Kier molecular flexibility index (Phi) is 2.92. The molecule has 5 heteroatoms. The van der Waals surface area contributed by atoms with Crippen LogP contribution in [0.15, 0.2) is 24.3 Å². The van der Waals surface area contributed by atoms with Crippen LogP contribution in [0.25, 0.3) is 0 Å². The number of anilines is 1. The number of carbonyl (C=O) groups excluding carboxylic acids is 1. The number of rotatable bonds is 1. The molecule has 1 spiro atoms. The minimum Gasteiger partial charge on any atom is -0.339 e. The largest absolute Gasteiger partial charge is 0.339 e. The minimum absolute atomic E-state index is 0.143. The van der Waals surface area contributed by atoms with Crippen LogP contribution in [0.2, 0.25) is 5.02 Å². The monoisotopic (exact) mass is 265 g/mol. The van der Waals surface area contributed by atoms with Gasteiger partial charge in [0.05, 0.1) is 6.67 Å². The molecular formula is C13H16ClN3O. The van der Waals surface area contributed by atoms with E-state index in [1.165, 1.54) is 0 Å². The highest BCUT2D eigenvalue weighted by Crippen LogP contribution is 2.35. The maximum absolute atomic E-state index is 12.2. The molecule has 2 fully saturated rings. The van der Waals surface area contributed by atoms with Gasteiger partial charge in [-0.25, -0.2) is 0 Å². The molecule has 2 aliphatic rings. The predicted molar refractivity (Wildman–Crippen MR) is 71.8 cm³/mol. The number of nitrogens with zero attached hydrogens (tertiary/aromatic N) is 1. The summed E-state index contributed by atoms with van der Waals surface area (Å²) < 4.78 is 0. The molecule has 0 bridgehead atoms. The van der Waals surface area contributed by atoms with Crippen LogP contribution in [0, 0.1) is 0 Å². The molecule has 0 atom stereocenters. The highest BCUT2D eigenvalue weighted by molar-refractivity contribution is 6.30. The van der Waals surface area contributed by atoms with Crippen LogP contribution >= 0.6 is 11.6 Å². The van der Waals surface area contributed by atoms with Gasteiger partial charge in [-0.15, -0.1) is 0 Å². The van der Waals surface area contributed by atoms with E-state index in [2.05, 4.69) is 15.5 Å². The Morgan fingerprint density at radius 1 is 1.28 bits per heavy atom. The molecule has 0 radical (unpaired) electrons. The van der Waals surface area contributed by atoms with Crippen molar-refractivity contribution in [2.24, 2.45) is 0 Å². The van der Waals surface area contributed by atoms with E-state index in [-0.39, 0.29) is 5.91 Å². The molecule has 18 heavy (non-hydrogen) atoms. The maximum atomic E-state index is 12.2. The molecular weight excluding hydrogens is 250 g/mol. The van der Waals surface area contributed by atoms with Crippen molar-refractivity contribution >= 4 is 23.2 Å². The number of benzene rings is 1. The number of halogens is 1. The Bertz CT molecular complexity index is 471. The Morgan fingerprint density at radius 3 is 2.78 bits per heavy atom. The number of piperidine rings is 1. The zero-order valence-electron chi connectivity index (χ0n) is 10.1. The summed E-state index contributed by atoms with van der Waals surface area (Å²) in [6.07, 6.45) is 1.68. The van der Waals surface area contributed by atoms with Crippen molar-refractivity contribution in [3.05, 3.63) is 29.3 Å². The van der Waals surface area contributed by atoms with Gasteiger partial charge in [-0.05, 0) is 44.1 Å². The molecule has 0 aromatic heterocycles. The van der Waals surface area contributed by atoms with E-state index in [1.54, 1.807) is 0 Å². The van der Waals surface area contributed by atoms with Gasteiger partial charge in [0.15, 0.2) is 0 Å². The first-order valence-electron chi connectivity index (χ1n) is 6.25. The standard InChI is InChI=1S/C13H16ClN3O/c14-10-2-1-3-11(8-10)17-9-16-12(18)13(17)4-6-15-7-5-13/h1-3,8,15H,4-7,9H2,(H,16,18). The number of carbonyl (C=O) groups is 1. The topological polar surface area (TPSA) is 44.4 Å². The lowest BCUT2D eigenvalue weighted by atomic mass is 9.86. The Morgan fingerprint density at radius 2 is 2.06 bits per heavy atom. The van der Waals surface area contributed by atoms with Crippen molar-refractivity contribution in [2.45, 2.75) is 18.4 Å². The van der Waals surface area contributed by atoms with Crippen molar-refractivity contribution < 1.29 is 4.79 Å². The Hall–Kier alpha value is -1.26. The van der Waals surface area contributed by atoms with Crippen LogP contribution in [0.3, 0.4) is 0 Å². The lowest BCUT2D eigenvalue weighted by molar-refractivity contribution is -0.124. The quantitative estimate of drug-likeness (QED) is 0.806. The van der Waals surface area contributed by atoms with Crippen LogP contribution < -0.4 is 15.5 Å². The van der Waals surface area contributed by atoms with Gasteiger partial charge in [0.1, 0.15) is 5.54 Å². The number of nitrogens with one attached hydrogen (secondary N) is 2. The highest BCUT2D eigenvalue weighted by Gasteiger charge is 2.49. The molecule has 0 unspecified atom stereocenters. The molecule has 2 saturated heterocycles. The lowest BCUT2D eigenvalue weighted by Crippen LogP contribution is -2.55. The highest BCUT2D eigenvalue weighted by atomic mass is 35.5. The molecule has 1 amide bonds. The second-order valence-corrected chi connectivity index (χ2v) is 5.29. The van der Waals surface area contributed by atoms with Crippen molar-refractivity contribution in [1.82, 2.24) is 10.6 Å². The number of amides is 1. The molecule has 1 aromatic rings. The average molecular weight is 266 g/mol. The van der Waals surface area contributed by atoms with E-state index >= 15 is 0 Å². The van der Waals surface area contributed by atoms with Gasteiger partial charge in [-0.2, -0.15) is 0 Å². The van der Waals surface area contributed by atoms with Crippen LogP contribution in [0.4, 0.5) is 5.69 Å². The SMILES string of the molecule is O=C1NCN(c2cccc(Cl)c2)C12CCNCC2. The maximum Gasteiger partial charge on any atom is 0.247 e. The zero-order valence-corrected chi connectivity index (χ0v) is 10.8. The summed E-state index contributed by atoms with van der Waals surface area (Å²) in [7, 11) is 0. The van der Waals surface area contributed by atoms with Crippen molar-refractivity contribution in [3.8, 4) is 0 Å². The zero-order chi connectivity index (χ0) is 12.6. The molecule has 2 heterocycles. The summed E-state index contributed by atoms with van der Waals surface area (Å²) in [5.74, 6) is 0.143. The predicted octanol–water partition coefficient (Wildman–Crippen LogP) is 1.36. The summed E-state index contributed by atoms with van der Waals surface area (Å²) in [4.78, 5) is 14.4. The van der Waals surface area contributed by atoms with Gasteiger partial charge in [0, 0.05) is 10.7 Å². The number of hydrogen-bond acceptors (Lipinski definition) is 3. The molecule has 4 nitrogen and oxygen atoms in total. The van der Waals surface area contributed by atoms with Crippen LogP contribution in [0.1, 0.15) is 12.8 Å². The van der Waals surface area contributed by atoms with Crippen molar-refractivity contribution in [3.63, 3.8) is 0 Å². The summed E-state index contributed by atoms with van der Waals surface area (Å²) in [5.41, 5.74) is 0.624. The fraction of sp³-hybridized carbons (Fsp3) is 0.462. The third kappa shape index (κ3) is 1.76. The lowest BCUT2D eigenvalue weighted by Gasteiger charge is -2.40. The first kappa shape index (κ1) is 11.8. The smallest absolute Gasteiger partial charge is 0.247 e. The number of hydrogen-bond donors (Lipinski definition) is 2. The Balaban J connectivity index is 1.98. The second-order valence-electron chi connectivity index (χ2n) is 4.85. The summed E-state index contributed by atoms with van der Waals surface area (Å²) >= 11 is 6.04. The summed E-state index contributed by atoms with van der Waals surface area (Å²) in [6, 6.07) is 7.71. The molecule has 3 rings (SSSR count). The third-order valence-corrected chi connectivity index (χ3v) is 4.12. The molecule has 1 aromatic carbocycles. The van der Waals surface area contributed by atoms with Gasteiger partial charge in [0.25, 0.3) is 0 Å². The van der Waals surface area contributed by atoms with Gasteiger partial charge in [-0.3, -0.25) is 4.79 Å². The minimum atomic E-state index is -0.393. The van der Waals surface area contributed by atoms with Crippen LogP contribution in [-0.4, -0.2) is 31.2 Å².